The van der Waals surface area contributed by atoms with E-state index in [1.807, 2.05) is 18.2 Å². The Morgan fingerprint density at radius 2 is 1.82 bits per heavy atom. The Hall–Kier alpha value is -2.53. The topological polar surface area (TPSA) is 52.0 Å². The van der Waals surface area contributed by atoms with Gasteiger partial charge in [0.15, 0.2) is 18.0 Å². The molecule has 0 saturated heterocycles. The number of hydrogen-bond donors (Lipinski definition) is 2. The maximum absolute atomic E-state index is 12.8. The predicted molar refractivity (Wildman–Crippen MR) is 108 cm³/mol. The minimum absolute atomic E-state index is 0.0418. The summed E-state index contributed by atoms with van der Waals surface area (Å²) in [7, 11) is 0. The van der Waals surface area contributed by atoms with Gasteiger partial charge in [-0.1, -0.05) is 44.2 Å². The first kappa shape index (κ1) is 18.8. The summed E-state index contributed by atoms with van der Waals surface area (Å²) >= 11 is 0. The summed E-state index contributed by atoms with van der Waals surface area (Å²) in [5.41, 5.74) is 3.85. The highest BCUT2D eigenvalue weighted by atomic mass is 16.6. The molecule has 4 rings (SSSR count). The Morgan fingerprint density at radius 3 is 2.61 bits per heavy atom. The molecule has 2 aliphatic rings. The van der Waals surface area contributed by atoms with Crippen LogP contribution in [0.15, 0.2) is 42.5 Å². The van der Waals surface area contributed by atoms with Crippen LogP contribution < -0.4 is 19.7 Å². The second-order valence-electron chi connectivity index (χ2n) is 8.06. The van der Waals surface area contributed by atoms with Crippen molar-refractivity contribution in [3.05, 3.63) is 59.2 Å². The van der Waals surface area contributed by atoms with E-state index < -0.39 is 0 Å². The van der Waals surface area contributed by atoms with Gasteiger partial charge < -0.3 is 19.7 Å². The number of carbonyl (C=O) groups excluding carboxylic acids is 1. The molecule has 5 nitrogen and oxygen atoms in total. The molecule has 2 aromatic carbocycles. The average Bonchev–Trinajstić information content (AvgIpc) is 2.71. The fraction of sp³-hybridized carbons (Fsp3) is 0.435. The van der Waals surface area contributed by atoms with Gasteiger partial charge in [-0.2, -0.15) is 0 Å². The van der Waals surface area contributed by atoms with Gasteiger partial charge >= 0.3 is 0 Å². The van der Waals surface area contributed by atoms with E-state index in [0.29, 0.717) is 19.8 Å². The van der Waals surface area contributed by atoms with Crippen LogP contribution in [0.1, 0.15) is 36.6 Å². The van der Waals surface area contributed by atoms with Crippen molar-refractivity contribution in [2.75, 3.05) is 26.3 Å². The molecule has 0 radical (unpaired) electrons. The number of rotatable bonds is 5. The molecule has 2 atom stereocenters. The van der Waals surface area contributed by atoms with Crippen LogP contribution >= 0.6 is 0 Å². The molecule has 0 bridgehead atoms. The van der Waals surface area contributed by atoms with Crippen LogP contribution in [0.5, 0.6) is 11.5 Å². The smallest absolute Gasteiger partial charge is 0.275 e. The normalized spacial score (nSPS) is 19.0. The van der Waals surface area contributed by atoms with E-state index >= 15 is 0 Å². The van der Waals surface area contributed by atoms with Crippen molar-refractivity contribution in [2.45, 2.75) is 32.9 Å². The zero-order valence-electron chi connectivity index (χ0n) is 16.7. The lowest BCUT2D eigenvalue weighted by molar-refractivity contribution is -0.908. The number of amides is 1. The van der Waals surface area contributed by atoms with E-state index in [1.54, 1.807) is 0 Å². The number of nitrogens with one attached hydrogen (secondary N) is 2. The van der Waals surface area contributed by atoms with Gasteiger partial charge in [-0.25, -0.2) is 0 Å². The van der Waals surface area contributed by atoms with Gasteiger partial charge in [-0.05, 0) is 29.2 Å². The maximum atomic E-state index is 12.8. The summed E-state index contributed by atoms with van der Waals surface area (Å²) in [6.07, 6.45) is 1.04. The fourth-order valence-corrected chi connectivity index (χ4v) is 4.13. The van der Waals surface area contributed by atoms with Gasteiger partial charge in [-0.3, -0.25) is 4.79 Å². The molecule has 2 heterocycles. The second kappa shape index (κ2) is 8.23. The van der Waals surface area contributed by atoms with Crippen molar-refractivity contribution in [3.8, 4) is 11.5 Å². The number of quaternary nitrogens is 1. The quantitative estimate of drug-likeness (QED) is 0.832. The minimum Gasteiger partial charge on any atom is -0.486 e. The minimum atomic E-state index is -0.0418. The van der Waals surface area contributed by atoms with Gasteiger partial charge in [0.2, 0.25) is 0 Å². The van der Waals surface area contributed by atoms with E-state index in [9.17, 15) is 4.79 Å². The highest BCUT2D eigenvalue weighted by Crippen LogP contribution is 2.34. The van der Waals surface area contributed by atoms with E-state index in [0.717, 1.165) is 36.6 Å². The lowest BCUT2D eigenvalue weighted by Crippen LogP contribution is -3.12. The first-order valence-electron chi connectivity index (χ1n) is 10.2. The van der Waals surface area contributed by atoms with Crippen molar-refractivity contribution < 1.29 is 19.2 Å². The van der Waals surface area contributed by atoms with Crippen LogP contribution in [-0.4, -0.2) is 32.2 Å². The number of hydrogen-bond acceptors (Lipinski definition) is 3. The van der Waals surface area contributed by atoms with Crippen molar-refractivity contribution in [2.24, 2.45) is 5.92 Å². The first-order chi connectivity index (χ1) is 13.6. The Labute approximate surface area is 166 Å². The van der Waals surface area contributed by atoms with Crippen molar-refractivity contribution in [1.82, 2.24) is 5.32 Å². The third-order valence-corrected chi connectivity index (χ3v) is 5.63. The molecule has 0 aromatic heterocycles. The summed E-state index contributed by atoms with van der Waals surface area (Å²) in [4.78, 5) is 14.1. The summed E-state index contributed by atoms with van der Waals surface area (Å²) < 4.78 is 11.3. The Bertz CT molecular complexity index is 849. The predicted octanol–water partition coefficient (Wildman–Crippen LogP) is 1.91. The van der Waals surface area contributed by atoms with Crippen LogP contribution in [0.4, 0.5) is 0 Å². The molecule has 148 valence electrons. The summed E-state index contributed by atoms with van der Waals surface area (Å²) in [6.45, 7) is 7.83. The molecule has 1 amide bonds. The number of benzene rings is 2. The van der Waals surface area contributed by atoms with Gasteiger partial charge in [0.25, 0.3) is 5.91 Å². The van der Waals surface area contributed by atoms with Gasteiger partial charge in [0, 0.05) is 12.0 Å². The van der Waals surface area contributed by atoms with Crippen LogP contribution in [0.25, 0.3) is 0 Å². The monoisotopic (exact) mass is 381 g/mol. The van der Waals surface area contributed by atoms with Gasteiger partial charge in [0.05, 0.1) is 12.6 Å². The maximum Gasteiger partial charge on any atom is 0.275 e. The van der Waals surface area contributed by atoms with Crippen LogP contribution in [0, 0.1) is 5.92 Å². The Morgan fingerprint density at radius 1 is 1.07 bits per heavy atom. The number of ether oxygens (including phenoxy) is 2. The third-order valence-electron chi connectivity index (χ3n) is 5.63. The molecule has 1 unspecified atom stereocenters. The Kier molecular flexibility index (Phi) is 5.53. The molecule has 5 heteroatoms. The molecule has 0 aliphatic carbocycles. The van der Waals surface area contributed by atoms with Crippen molar-refractivity contribution >= 4 is 5.91 Å². The molecule has 2 N–H and O–H groups in total. The largest absolute Gasteiger partial charge is 0.486 e. The molecule has 0 fully saturated rings. The van der Waals surface area contributed by atoms with E-state index in [-0.39, 0.29) is 17.9 Å². The van der Waals surface area contributed by atoms with Crippen LogP contribution in [0.2, 0.25) is 0 Å². The fourth-order valence-electron chi connectivity index (χ4n) is 4.13. The number of fused-ring (bicyclic) bond motifs is 2. The highest BCUT2D eigenvalue weighted by Gasteiger charge is 2.25. The molecular weight excluding hydrogens is 352 g/mol. The molecule has 28 heavy (non-hydrogen) atoms. The lowest BCUT2D eigenvalue weighted by atomic mass is 9.95. The number of carbonyl (C=O) groups is 1. The molecular formula is C23H29N2O3+. The molecule has 2 aliphatic heterocycles. The lowest BCUT2D eigenvalue weighted by Gasteiger charge is -2.28. The van der Waals surface area contributed by atoms with Crippen LogP contribution in [-0.2, 0) is 17.8 Å². The summed E-state index contributed by atoms with van der Waals surface area (Å²) in [5.74, 6) is 1.92. The van der Waals surface area contributed by atoms with E-state index in [2.05, 4.69) is 43.4 Å². The highest BCUT2D eigenvalue weighted by molar-refractivity contribution is 5.77. The van der Waals surface area contributed by atoms with E-state index in [1.165, 1.54) is 16.0 Å². The van der Waals surface area contributed by atoms with Gasteiger partial charge in [0.1, 0.15) is 19.8 Å². The SMILES string of the molecule is CC(C)[C@H](NC(=O)C[NH+]1CCc2ccccc2C1)c1ccc2c(c1)OCCO2. The second-order valence-corrected chi connectivity index (χ2v) is 8.06. The standard InChI is InChI=1S/C23H28N2O3/c1-16(2)23(18-7-8-20-21(13-18)28-12-11-27-20)24-22(26)15-25-10-9-17-5-3-4-6-19(17)14-25/h3-8,13,16,23H,9-12,14-15H2,1-2H3,(H,24,26)/p+1/t23-/m0/s1. The van der Waals surface area contributed by atoms with Crippen molar-refractivity contribution in [3.63, 3.8) is 0 Å². The summed E-state index contributed by atoms with van der Waals surface area (Å²) in [5, 5.41) is 3.25. The van der Waals surface area contributed by atoms with Crippen LogP contribution in [0.3, 0.4) is 0 Å². The summed E-state index contributed by atoms with van der Waals surface area (Å²) in [6, 6.07) is 14.5. The zero-order valence-corrected chi connectivity index (χ0v) is 16.7. The third kappa shape index (κ3) is 4.14. The Balaban J connectivity index is 1.42. The van der Waals surface area contributed by atoms with E-state index in [4.69, 9.17) is 9.47 Å². The van der Waals surface area contributed by atoms with Gasteiger partial charge in [-0.15, -0.1) is 0 Å². The first-order valence-corrected chi connectivity index (χ1v) is 10.2. The molecule has 2 aromatic rings. The molecule has 0 spiro atoms. The average molecular weight is 381 g/mol. The molecule has 0 saturated carbocycles. The van der Waals surface area contributed by atoms with Crippen molar-refractivity contribution in [1.29, 1.82) is 0 Å². The zero-order chi connectivity index (χ0) is 19.5.